The van der Waals surface area contributed by atoms with Gasteiger partial charge in [-0.1, -0.05) is 19.1 Å². The lowest BCUT2D eigenvalue weighted by molar-refractivity contribution is -0.130. The second kappa shape index (κ2) is 8.14. The number of amides is 2. The van der Waals surface area contributed by atoms with Crippen LogP contribution in [0.1, 0.15) is 25.3 Å². The fraction of sp³-hybridized carbons (Fsp3) is 0.500. The zero-order chi connectivity index (χ0) is 17.6. The lowest BCUT2D eigenvalue weighted by Gasteiger charge is -2.11. The number of benzene rings is 1. The molecule has 2 amide bonds. The molecule has 0 aromatic heterocycles. The third-order valence-corrected chi connectivity index (χ3v) is 5.68. The minimum atomic E-state index is -3.00. The van der Waals surface area contributed by atoms with Gasteiger partial charge in [-0.2, -0.15) is 0 Å². The number of carbonyl (C=O) groups excluding carboxylic acids is 2. The fourth-order valence-electron chi connectivity index (χ4n) is 2.49. The summed E-state index contributed by atoms with van der Waals surface area (Å²) >= 11 is 0. The first-order chi connectivity index (χ1) is 11.4. The van der Waals surface area contributed by atoms with Crippen LogP contribution in [0.15, 0.2) is 24.3 Å². The molecule has 1 aliphatic heterocycles. The highest BCUT2D eigenvalue weighted by atomic mass is 32.2. The Morgan fingerprint density at radius 3 is 2.42 bits per heavy atom. The second-order valence-corrected chi connectivity index (χ2v) is 8.08. The summed E-state index contributed by atoms with van der Waals surface area (Å²) in [5.41, 5.74) is 5.71. The number of sulfone groups is 1. The van der Waals surface area contributed by atoms with E-state index in [4.69, 9.17) is 4.74 Å². The van der Waals surface area contributed by atoms with Gasteiger partial charge in [0.1, 0.15) is 5.75 Å². The van der Waals surface area contributed by atoms with Crippen molar-refractivity contribution in [1.29, 1.82) is 0 Å². The maximum absolute atomic E-state index is 11.7. The molecule has 7 nitrogen and oxygen atoms in total. The molecule has 1 fully saturated rings. The van der Waals surface area contributed by atoms with Gasteiger partial charge in [0.2, 0.25) is 5.91 Å². The van der Waals surface area contributed by atoms with Crippen molar-refractivity contribution in [3.8, 4) is 5.75 Å². The quantitative estimate of drug-likeness (QED) is 0.729. The van der Waals surface area contributed by atoms with Crippen LogP contribution in [0, 0.1) is 5.92 Å². The SMILES string of the molecule is CCc1ccc(OCC(=O)NNC(=O)C[C@H]2CCS(=O)(=O)C2)cc1. The molecule has 2 N–H and O–H groups in total. The predicted molar refractivity (Wildman–Crippen MR) is 89.0 cm³/mol. The number of nitrogens with one attached hydrogen (secondary N) is 2. The largest absolute Gasteiger partial charge is 0.484 e. The summed E-state index contributed by atoms with van der Waals surface area (Å²) in [5, 5.41) is 0. The molecular weight excluding hydrogens is 332 g/mol. The van der Waals surface area contributed by atoms with E-state index in [1.54, 1.807) is 12.1 Å². The summed E-state index contributed by atoms with van der Waals surface area (Å²) in [6, 6.07) is 7.41. The lowest BCUT2D eigenvalue weighted by Crippen LogP contribution is -2.44. The number of hydrogen-bond acceptors (Lipinski definition) is 5. The Bertz CT molecular complexity index is 685. The molecule has 0 unspecified atom stereocenters. The maximum Gasteiger partial charge on any atom is 0.276 e. The zero-order valence-electron chi connectivity index (χ0n) is 13.6. The van der Waals surface area contributed by atoms with Gasteiger partial charge in [0, 0.05) is 6.42 Å². The van der Waals surface area contributed by atoms with E-state index >= 15 is 0 Å². The average molecular weight is 354 g/mol. The van der Waals surface area contributed by atoms with E-state index in [2.05, 4.69) is 10.9 Å². The van der Waals surface area contributed by atoms with Gasteiger partial charge in [0.05, 0.1) is 11.5 Å². The van der Waals surface area contributed by atoms with Crippen LogP contribution in [-0.2, 0) is 25.8 Å². The minimum absolute atomic E-state index is 0.0330. The zero-order valence-corrected chi connectivity index (χ0v) is 14.4. The molecule has 0 spiro atoms. The number of rotatable bonds is 6. The summed E-state index contributed by atoms with van der Waals surface area (Å²) in [6.07, 6.45) is 1.49. The molecule has 2 rings (SSSR count). The summed E-state index contributed by atoms with van der Waals surface area (Å²) in [5.74, 6) is -0.336. The van der Waals surface area contributed by atoms with Crippen LogP contribution >= 0.6 is 0 Å². The first kappa shape index (κ1) is 18.3. The van der Waals surface area contributed by atoms with Crippen LogP contribution in [0.3, 0.4) is 0 Å². The summed E-state index contributed by atoms with van der Waals surface area (Å²) in [6.45, 7) is 1.83. The van der Waals surface area contributed by atoms with Gasteiger partial charge in [-0.05, 0) is 36.5 Å². The molecule has 1 aromatic carbocycles. The van der Waals surface area contributed by atoms with Gasteiger partial charge >= 0.3 is 0 Å². The van der Waals surface area contributed by atoms with Crippen LogP contribution in [0.5, 0.6) is 5.75 Å². The Labute approximate surface area is 141 Å². The Hall–Kier alpha value is -2.09. The molecule has 8 heteroatoms. The highest BCUT2D eigenvalue weighted by Crippen LogP contribution is 2.21. The van der Waals surface area contributed by atoms with E-state index in [0.717, 1.165) is 6.42 Å². The minimum Gasteiger partial charge on any atom is -0.484 e. The third kappa shape index (κ3) is 5.84. The molecule has 132 valence electrons. The number of hydrazine groups is 1. The number of ether oxygens (including phenoxy) is 1. The van der Waals surface area contributed by atoms with Crippen LogP contribution in [-0.4, -0.2) is 38.3 Å². The Morgan fingerprint density at radius 1 is 1.17 bits per heavy atom. The molecule has 1 atom stereocenters. The van der Waals surface area contributed by atoms with Crippen molar-refractivity contribution >= 4 is 21.7 Å². The van der Waals surface area contributed by atoms with Gasteiger partial charge in [-0.3, -0.25) is 20.4 Å². The number of carbonyl (C=O) groups is 2. The van der Waals surface area contributed by atoms with Gasteiger partial charge in [-0.15, -0.1) is 0 Å². The monoisotopic (exact) mass is 354 g/mol. The van der Waals surface area contributed by atoms with Crippen LogP contribution < -0.4 is 15.6 Å². The predicted octanol–water partition coefficient (Wildman–Crippen LogP) is 0.600. The van der Waals surface area contributed by atoms with Crippen molar-refractivity contribution in [3.05, 3.63) is 29.8 Å². The van der Waals surface area contributed by atoms with Gasteiger partial charge in [0.25, 0.3) is 5.91 Å². The average Bonchev–Trinajstić information content (AvgIpc) is 2.90. The van der Waals surface area contributed by atoms with Crippen molar-refractivity contribution in [1.82, 2.24) is 10.9 Å². The molecule has 1 aromatic rings. The number of aryl methyl sites for hydroxylation is 1. The Kier molecular flexibility index (Phi) is 6.19. The van der Waals surface area contributed by atoms with Crippen molar-refractivity contribution in [2.45, 2.75) is 26.2 Å². The number of hydrogen-bond donors (Lipinski definition) is 2. The molecule has 24 heavy (non-hydrogen) atoms. The van der Waals surface area contributed by atoms with E-state index in [1.165, 1.54) is 5.56 Å². The second-order valence-electron chi connectivity index (χ2n) is 5.86. The standard InChI is InChI=1S/C16H22N2O5S/c1-2-12-3-5-14(6-4-12)23-10-16(20)18-17-15(19)9-13-7-8-24(21,22)11-13/h3-6,13H,2,7-11H2,1H3,(H,17,19)(H,18,20)/t13-/m1/s1. The molecule has 0 radical (unpaired) electrons. The molecule has 0 saturated carbocycles. The highest BCUT2D eigenvalue weighted by molar-refractivity contribution is 7.91. The van der Waals surface area contributed by atoms with Gasteiger partial charge in [0.15, 0.2) is 16.4 Å². The van der Waals surface area contributed by atoms with Crippen molar-refractivity contribution < 1.29 is 22.7 Å². The Balaban J connectivity index is 1.66. The maximum atomic E-state index is 11.7. The van der Waals surface area contributed by atoms with E-state index in [9.17, 15) is 18.0 Å². The smallest absolute Gasteiger partial charge is 0.276 e. The van der Waals surface area contributed by atoms with Crippen LogP contribution in [0.4, 0.5) is 0 Å². The molecular formula is C16H22N2O5S. The first-order valence-electron chi connectivity index (χ1n) is 7.88. The van der Waals surface area contributed by atoms with Crippen LogP contribution in [0.2, 0.25) is 0 Å². The molecule has 0 aliphatic carbocycles. The fourth-order valence-corrected chi connectivity index (χ4v) is 4.35. The van der Waals surface area contributed by atoms with E-state index < -0.39 is 21.7 Å². The van der Waals surface area contributed by atoms with Crippen molar-refractivity contribution in [2.24, 2.45) is 5.92 Å². The summed E-state index contributed by atoms with van der Waals surface area (Å²) in [7, 11) is -3.00. The highest BCUT2D eigenvalue weighted by Gasteiger charge is 2.29. The third-order valence-electron chi connectivity index (χ3n) is 3.84. The van der Waals surface area contributed by atoms with Crippen molar-refractivity contribution in [3.63, 3.8) is 0 Å². The Morgan fingerprint density at radius 2 is 1.83 bits per heavy atom. The summed E-state index contributed by atoms with van der Waals surface area (Å²) < 4.78 is 28.0. The van der Waals surface area contributed by atoms with E-state index in [-0.39, 0.29) is 30.5 Å². The topological polar surface area (TPSA) is 102 Å². The van der Waals surface area contributed by atoms with E-state index in [1.807, 2.05) is 19.1 Å². The van der Waals surface area contributed by atoms with Crippen LogP contribution in [0.25, 0.3) is 0 Å². The molecule has 1 aliphatic rings. The normalized spacial score (nSPS) is 18.8. The van der Waals surface area contributed by atoms with E-state index in [0.29, 0.717) is 12.2 Å². The van der Waals surface area contributed by atoms with Gasteiger partial charge < -0.3 is 4.74 Å². The first-order valence-corrected chi connectivity index (χ1v) is 9.70. The van der Waals surface area contributed by atoms with Crippen molar-refractivity contribution in [2.75, 3.05) is 18.1 Å². The molecule has 0 bridgehead atoms. The lowest BCUT2D eigenvalue weighted by atomic mass is 10.1. The molecule has 1 heterocycles. The summed E-state index contributed by atoms with van der Waals surface area (Å²) in [4.78, 5) is 23.3. The molecule has 1 saturated heterocycles. The van der Waals surface area contributed by atoms with Gasteiger partial charge in [-0.25, -0.2) is 8.42 Å².